The van der Waals surface area contributed by atoms with Gasteiger partial charge in [-0.05, 0) is 57.1 Å². The fourth-order valence-electron chi connectivity index (χ4n) is 3.55. The Kier molecular flexibility index (Phi) is 6.70. The summed E-state index contributed by atoms with van der Waals surface area (Å²) in [6.07, 6.45) is 2.21. The molecule has 7 heteroatoms. The van der Waals surface area contributed by atoms with Gasteiger partial charge in [0.05, 0.1) is 9.82 Å². The van der Waals surface area contributed by atoms with Crippen LogP contribution in [0.25, 0.3) is 0 Å². The van der Waals surface area contributed by atoms with Crippen molar-refractivity contribution in [1.82, 2.24) is 10.2 Å². The number of nitro benzene ring substituents is 1. The quantitative estimate of drug-likeness (QED) is 0.556. The van der Waals surface area contributed by atoms with Crippen molar-refractivity contribution in [3.8, 4) is 0 Å². The minimum Gasteiger partial charge on any atom is -0.350 e. The lowest BCUT2D eigenvalue weighted by atomic mass is 10.1. The van der Waals surface area contributed by atoms with Crippen molar-refractivity contribution in [2.24, 2.45) is 0 Å². The van der Waals surface area contributed by atoms with Crippen LogP contribution in [0.15, 0.2) is 52.3 Å². The first-order valence-electron chi connectivity index (χ1n) is 9.53. The molecule has 1 aliphatic rings. The molecule has 1 saturated heterocycles. The predicted octanol–water partition coefficient (Wildman–Crippen LogP) is 4.27. The van der Waals surface area contributed by atoms with E-state index in [4.69, 9.17) is 0 Å². The molecule has 0 spiro atoms. The number of amides is 1. The number of nitro groups is 1. The number of hydrogen-bond donors (Lipinski definition) is 1. The van der Waals surface area contributed by atoms with E-state index >= 15 is 0 Å². The van der Waals surface area contributed by atoms with E-state index in [0.717, 1.165) is 36.4 Å². The van der Waals surface area contributed by atoms with E-state index in [9.17, 15) is 14.9 Å². The Morgan fingerprint density at radius 1 is 1.32 bits per heavy atom. The zero-order valence-corrected chi connectivity index (χ0v) is 17.0. The molecular weight excluding hydrogens is 374 g/mol. The molecule has 6 nitrogen and oxygen atoms in total. The molecule has 1 unspecified atom stereocenters. The summed E-state index contributed by atoms with van der Waals surface area (Å²) >= 11 is 1.33. The third kappa shape index (κ3) is 4.91. The van der Waals surface area contributed by atoms with Crippen LogP contribution in [-0.2, 0) is 0 Å². The van der Waals surface area contributed by atoms with E-state index in [0.29, 0.717) is 23.0 Å². The first-order valence-corrected chi connectivity index (χ1v) is 10.3. The van der Waals surface area contributed by atoms with Crippen LogP contribution in [0.5, 0.6) is 0 Å². The maximum Gasteiger partial charge on any atom is 0.284 e. The SMILES string of the molecule is CCN1CCCC1CNC(=O)c1ccc(Sc2cccc(C)c2)c([N+](=O)[O-])c1. The highest BCUT2D eigenvalue weighted by molar-refractivity contribution is 7.99. The highest BCUT2D eigenvalue weighted by atomic mass is 32.2. The summed E-state index contributed by atoms with van der Waals surface area (Å²) in [5.74, 6) is -0.266. The monoisotopic (exact) mass is 399 g/mol. The molecule has 2 aromatic rings. The molecule has 0 aliphatic carbocycles. The second kappa shape index (κ2) is 9.21. The van der Waals surface area contributed by atoms with Gasteiger partial charge in [-0.2, -0.15) is 0 Å². The predicted molar refractivity (Wildman–Crippen MR) is 111 cm³/mol. The van der Waals surface area contributed by atoms with Crippen molar-refractivity contribution in [3.05, 3.63) is 63.7 Å². The van der Waals surface area contributed by atoms with E-state index in [1.807, 2.05) is 31.2 Å². The minimum absolute atomic E-state index is 0.0461. The molecule has 0 saturated carbocycles. The van der Waals surface area contributed by atoms with Crippen LogP contribution in [0.1, 0.15) is 35.7 Å². The normalized spacial score (nSPS) is 16.9. The third-order valence-corrected chi connectivity index (χ3v) is 6.09. The number of aryl methyl sites for hydroxylation is 1. The van der Waals surface area contributed by atoms with Gasteiger partial charge in [0.1, 0.15) is 0 Å². The highest BCUT2D eigenvalue weighted by Gasteiger charge is 2.24. The van der Waals surface area contributed by atoms with E-state index < -0.39 is 4.92 Å². The average molecular weight is 400 g/mol. The Balaban J connectivity index is 1.72. The Morgan fingerprint density at radius 2 is 2.14 bits per heavy atom. The number of likely N-dealkylation sites (tertiary alicyclic amines) is 1. The summed E-state index contributed by atoms with van der Waals surface area (Å²) in [5.41, 5.74) is 1.37. The van der Waals surface area contributed by atoms with Crippen molar-refractivity contribution in [1.29, 1.82) is 0 Å². The molecule has 1 N–H and O–H groups in total. The lowest BCUT2D eigenvalue weighted by molar-refractivity contribution is -0.387. The second-order valence-electron chi connectivity index (χ2n) is 6.99. The number of nitrogens with one attached hydrogen (secondary N) is 1. The van der Waals surface area contributed by atoms with Crippen molar-refractivity contribution in [2.75, 3.05) is 19.6 Å². The van der Waals surface area contributed by atoms with Gasteiger partial charge in [0.25, 0.3) is 11.6 Å². The largest absolute Gasteiger partial charge is 0.350 e. The Bertz CT molecular complexity index is 872. The van der Waals surface area contributed by atoms with Crippen molar-refractivity contribution >= 4 is 23.4 Å². The zero-order valence-electron chi connectivity index (χ0n) is 16.2. The van der Waals surface area contributed by atoms with E-state index in [1.54, 1.807) is 12.1 Å². The fraction of sp³-hybridized carbons (Fsp3) is 0.381. The van der Waals surface area contributed by atoms with Gasteiger partial charge < -0.3 is 5.32 Å². The molecule has 0 radical (unpaired) electrons. The standard InChI is InChI=1S/C21H25N3O3S/c1-3-23-11-5-7-17(23)14-22-21(25)16-9-10-20(19(13-16)24(26)27)28-18-8-4-6-15(2)12-18/h4,6,8-10,12-13,17H,3,5,7,11,14H2,1-2H3,(H,22,25). The summed E-state index contributed by atoms with van der Waals surface area (Å²) < 4.78 is 0. The molecule has 1 amide bonds. The highest BCUT2D eigenvalue weighted by Crippen LogP contribution is 2.35. The number of benzene rings is 2. The first kappa shape index (κ1) is 20.4. The maximum absolute atomic E-state index is 12.5. The summed E-state index contributed by atoms with van der Waals surface area (Å²) in [6, 6.07) is 12.9. The van der Waals surface area contributed by atoms with Crippen LogP contribution in [0.4, 0.5) is 5.69 Å². The van der Waals surface area contributed by atoms with Gasteiger partial charge in [0.2, 0.25) is 0 Å². The van der Waals surface area contributed by atoms with Crippen LogP contribution >= 0.6 is 11.8 Å². The van der Waals surface area contributed by atoms with E-state index in [-0.39, 0.29) is 11.6 Å². The molecule has 0 aromatic heterocycles. The van der Waals surface area contributed by atoms with Gasteiger partial charge in [0, 0.05) is 29.1 Å². The molecule has 3 rings (SSSR count). The summed E-state index contributed by atoms with van der Waals surface area (Å²) in [5, 5.41) is 14.5. The second-order valence-corrected chi connectivity index (χ2v) is 8.11. The topological polar surface area (TPSA) is 75.5 Å². The zero-order chi connectivity index (χ0) is 20.1. The maximum atomic E-state index is 12.5. The van der Waals surface area contributed by atoms with Crippen LogP contribution in [-0.4, -0.2) is 41.4 Å². The Hall–Kier alpha value is -2.38. The number of hydrogen-bond acceptors (Lipinski definition) is 5. The van der Waals surface area contributed by atoms with Crippen molar-refractivity contribution < 1.29 is 9.72 Å². The summed E-state index contributed by atoms with van der Waals surface area (Å²) in [6.45, 7) is 6.70. The Labute approximate surface area is 169 Å². The average Bonchev–Trinajstić information content (AvgIpc) is 3.14. The molecule has 148 valence electrons. The van der Waals surface area contributed by atoms with Crippen LogP contribution < -0.4 is 5.32 Å². The van der Waals surface area contributed by atoms with Crippen LogP contribution in [0.3, 0.4) is 0 Å². The number of carbonyl (C=O) groups excluding carboxylic acids is 1. The molecule has 2 aromatic carbocycles. The number of rotatable bonds is 7. The lowest BCUT2D eigenvalue weighted by Gasteiger charge is -2.22. The van der Waals surface area contributed by atoms with Gasteiger partial charge >= 0.3 is 0 Å². The van der Waals surface area contributed by atoms with Gasteiger partial charge in [-0.1, -0.05) is 36.4 Å². The molecule has 1 heterocycles. The number of likely N-dealkylation sites (N-methyl/N-ethyl adjacent to an activating group) is 1. The van der Waals surface area contributed by atoms with Crippen molar-refractivity contribution in [2.45, 2.75) is 42.5 Å². The molecule has 0 bridgehead atoms. The number of nitrogens with zero attached hydrogens (tertiary/aromatic N) is 2. The van der Waals surface area contributed by atoms with E-state index in [1.165, 1.54) is 17.8 Å². The molecule has 1 fully saturated rings. The Morgan fingerprint density at radius 3 is 2.86 bits per heavy atom. The lowest BCUT2D eigenvalue weighted by Crippen LogP contribution is -2.40. The van der Waals surface area contributed by atoms with Gasteiger partial charge in [0.15, 0.2) is 0 Å². The van der Waals surface area contributed by atoms with Gasteiger partial charge in [-0.3, -0.25) is 19.8 Å². The number of carbonyl (C=O) groups is 1. The molecule has 1 aliphatic heterocycles. The van der Waals surface area contributed by atoms with Crippen LogP contribution in [0.2, 0.25) is 0 Å². The summed E-state index contributed by atoms with van der Waals surface area (Å²) in [7, 11) is 0. The third-order valence-electron chi connectivity index (χ3n) is 5.04. The van der Waals surface area contributed by atoms with Crippen LogP contribution in [0, 0.1) is 17.0 Å². The fourth-order valence-corrected chi connectivity index (χ4v) is 4.57. The first-order chi connectivity index (χ1) is 13.5. The molecule has 1 atom stereocenters. The molecular formula is C21H25N3O3S. The summed E-state index contributed by atoms with van der Waals surface area (Å²) in [4.78, 5) is 27.5. The minimum atomic E-state index is -0.426. The van der Waals surface area contributed by atoms with Gasteiger partial charge in [-0.15, -0.1) is 0 Å². The van der Waals surface area contributed by atoms with Gasteiger partial charge in [-0.25, -0.2) is 0 Å². The van der Waals surface area contributed by atoms with Crippen molar-refractivity contribution in [3.63, 3.8) is 0 Å². The van der Waals surface area contributed by atoms with E-state index in [2.05, 4.69) is 17.1 Å². The smallest absolute Gasteiger partial charge is 0.284 e. The molecule has 28 heavy (non-hydrogen) atoms.